The lowest BCUT2D eigenvalue weighted by Crippen LogP contribution is -2.21. The first-order valence-corrected chi connectivity index (χ1v) is 4.98. The van der Waals surface area contributed by atoms with Gasteiger partial charge in [0.05, 0.1) is 6.04 Å². The van der Waals surface area contributed by atoms with Crippen molar-refractivity contribution < 1.29 is 19.2 Å². The Labute approximate surface area is 102 Å². The van der Waals surface area contributed by atoms with E-state index in [0.29, 0.717) is 12.8 Å². The first-order chi connectivity index (χ1) is 8.64. The third kappa shape index (κ3) is 5.56. The van der Waals surface area contributed by atoms with E-state index in [0.717, 1.165) is 0 Å². The van der Waals surface area contributed by atoms with E-state index in [1.165, 1.54) is 24.3 Å². The van der Waals surface area contributed by atoms with Crippen LogP contribution in [0.5, 0.6) is 0 Å². The second kappa shape index (κ2) is 8.65. The van der Waals surface area contributed by atoms with Gasteiger partial charge in [-0.2, -0.15) is 15.0 Å². The van der Waals surface area contributed by atoms with Gasteiger partial charge in [0.15, 0.2) is 0 Å². The Morgan fingerprint density at radius 2 is 1.44 bits per heavy atom. The standard InChI is InChI=1S/C10H10N4O4/c1-9(11-5-15)3-2-4-10(12-6-16,13-7-17)14-8-18/h9H,2-4H2,1H3. The summed E-state index contributed by atoms with van der Waals surface area (Å²) < 4.78 is 0. The van der Waals surface area contributed by atoms with E-state index >= 15 is 0 Å². The maximum atomic E-state index is 10.2. The molecule has 8 nitrogen and oxygen atoms in total. The molecule has 0 aromatic rings. The van der Waals surface area contributed by atoms with Crippen molar-refractivity contribution in [3.05, 3.63) is 0 Å². The second-order valence-electron chi connectivity index (χ2n) is 3.35. The van der Waals surface area contributed by atoms with Gasteiger partial charge in [-0.3, -0.25) is 0 Å². The Kier molecular flexibility index (Phi) is 7.46. The zero-order chi connectivity index (χ0) is 13.9. The molecular formula is C10H10N4O4. The third-order valence-corrected chi connectivity index (χ3v) is 2.08. The molecule has 0 saturated carbocycles. The lowest BCUT2D eigenvalue weighted by atomic mass is 10.1. The number of rotatable bonds is 8. The van der Waals surface area contributed by atoms with Crippen LogP contribution >= 0.6 is 0 Å². The van der Waals surface area contributed by atoms with Crippen molar-refractivity contribution in [2.24, 2.45) is 20.0 Å². The molecule has 0 heterocycles. The highest BCUT2D eigenvalue weighted by Crippen LogP contribution is 2.22. The third-order valence-electron chi connectivity index (χ3n) is 2.08. The van der Waals surface area contributed by atoms with Crippen LogP contribution < -0.4 is 0 Å². The van der Waals surface area contributed by atoms with Crippen molar-refractivity contribution in [1.29, 1.82) is 0 Å². The number of isocyanates is 4. The van der Waals surface area contributed by atoms with Gasteiger partial charge in [0.2, 0.25) is 24.3 Å². The Hall–Kier alpha value is -2.48. The average molecular weight is 250 g/mol. The molecule has 0 spiro atoms. The van der Waals surface area contributed by atoms with Crippen LogP contribution in [0, 0.1) is 0 Å². The van der Waals surface area contributed by atoms with E-state index in [1.807, 2.05) is 0 Å². The molecule has 94 valence electrons. The molecule has 0 N–H and O–H groups in total. The van der Waals surface area contributed by atoms with Crippen LogP contribution in [0.4, 0.5) is 0 Å². The highest BCUT2D eigenvalue weighted by molar-refractivity contribution is 5.42. The number of carbonyl (C=O) groups excluding carboxylic acids is 4. The molecule has 1 atom stereocenters. The lowest BCUT2D eigenvalue weighted by Gasteiger charge is -2.14. The van der Waals surface area contributed by atoms with Crippen LogP contribution in [0.2, 0.25) is 0 Å². The molecule has 0 aromatic carbocycles. The number of hydrogen-bond acceptors (Lipinski definition) is 8. The molecule has 0 radical (unpaired) electrons. The van der Waals surface area contributed by atoms with Gasteiger partial charge in [-0.15, -0.1) is 0 Å². The van der Waals surface area contributed by atoms with Crippen LogP contribution in [-0.4, -0.2) is 36.1 Å². The summed E-state index contributed by atoms with van der Waals surface area (Å²) in [5.41, 5.74) is 0. The summed E-state index contributed by atoms with van der Waals surface area (Å²) >= 11 is 0. The molecule has 1 unspecified atom stereocenters. The van der Waals surface area contributed by atoms with E-state index in [1.54, 1.807) is 6.92 Å². The summed E-state index contributed by atoms with van der Waals surface area (Å²) in [6.07, 6.45) is 5.79. The van der Waals surface area contributed by atoms with Gasteiger partial charge in [-0.05, 0) is 19.8 Å². The minimum absolute atomic E-state index is 0.00539. The van der Waals surface area contributed by atoms with Crippen LogP contribution in [0.3, 0.4) is 0 Å². The first kappa shape index (κ1) is 15.5. The zero-order valence-corrected chi connectivity index (χ0v) is 9.62. The van der Waals surface area contributed by atoms with Crippen LogP contribution in [-0.2, 0) is 19.2 Å². The van der Waals surface area contributed by atoms with Gasteiger partial charge in [0.1, 0.15) is 0 Å². The quantitative estimate of drug-likeness (QED) is 0.461. The summed E-state index contributed by atoms with van der Waals surface area (Å²) in [6.45, 7) is 1.68. The summed E-state index contributed by atoms with van der Waals surface area (Å²) in [5.74, 6) is -1.85. The molecule has 0 amide bonds. The van der Waals surface area contributed by atoms with E-state index in [4.69, 9.17) is 0 Å². The fraction of sp³-hybridized carbons (Fsp3) is 0.600. The zero-order valence-electron chi connectivity index (χ0n) is 9.62. The minimum Gasteiger partial charge on any atom is -0.211 e. The van der Waals surface area contributed by atoms with E-state index < -0.39 is 5.79 Å². The smallest absolute Gasteiger partial charge is 0.211 e. The van der Waals surface area contributed by atoms with Gasteiger partial charge >= 0.3 is 0 Å². The lowest BCUT2D eigenvalue weighted by molar-refractivity contribution is 0.396. The monoisotopic (exact) mass is 250 g/mol. The molecule has 0 aliphatic carbocycles. The van der Waals surface area contributed by atoms with Crippen molar-refractivity contribution in [2.45, 2.75) is 38.0 Å². The molecule has 0 bridgehead atoms. The van der Waals surface area contributed by atoms with Crippen molar-refractivity contribution in [2.75, 3.05) is 0 Å². The summed E-state index contributed by atoms with van der Waals surface area (Å²) in [4.78, 5) is 53.7. The summed E-state index contributed by atoms with van der Waals surface area (Å²) in [5, 5.41) is 0. The number of aliphatic imine (C=N–C) groups is 4. The molecular weight excluding hydrogens is 240 g/mol. The van der Waals surface area contributed by atoms with Crippen LogP contribution in [0.15, 0.2) is 20.0 Å². The SMILES string of the molecule is CC(CCCC(N=C=O)(N=C=O)N=C=O)N=C=O. The molecule has 0 aliphatic heterocycles. The summed E-state index contributed by atoms with van der Waals surface area (Å²) in [7, 11) is 0. The second-order valence-corrected chi connectivity index (χ2v) is 3.35. The molecule has 18 heavy (non-hydrogen) atoms. The largest absolute Gasteiger partial charge is 0.277 e. The summed E-state index contributed by atoms with van der Waals surface area (Å²) in [6, 6.07) is -0.277. The van der Waals surface area contributed by atoms with E-state index in [9.17, 15) is 19.2 Å². The first-order valence-electron chi connectivity index (χ1n) is 4.98. The highest BCUT2D eigenvalue weighted by Gasteiger charge is 2.28. The van der Waals surface area contributed by atoms with Gasteiger partial charge < -0.3 is 0 Å². The Balaban J connectivity index is 4.79. The fourth-order valence-corrected chi connectivity index (χ4v) is 1.25. The van der Waals surface area contributed by atoms with Gasteiger partial charge in [-0.1, -0.05) is 0 Å². The van der Waals surface area contributed by atoms with E-state index in [-0.39, 0.29) is 12.5 Å². The maximum Gasteiger partial charge on any atom is 0.277 e. The maximum absolute atomic E-state index is 10.2. The van der Waals surface area contributed by atoms with Gasteiger partial charge in [0.25, 0.3) is 5.79 Å². The van der Waals surface area contributed by atoms with Crippen molar-refractivity contribution in [3.63, 3.8) is 0 Å². The highest BCUT2D eigenvalue weighted by atomic mass is 16.1. The Morgan fingerprint density at radius 3 is 1.83 bits per heavy atom. The topological polar surface area (TPSA) is 118 Å². The van der Waals surface area contributed by atoms with Crippen molar-refractivity contribution >= 4 is 24.3 Å². The van der Waals surface area contributed by atoms with Crippen LogP contribution in [0.1, 0.15) is 26.2 Å². The molecule has 0 fully saturated rings. The predicted octanol–water partition coefficient (Wildman–Crippen LogP) is 0.542. The average Bonchev–Trinajstić information content (AvgIpc) is 2.30. The Morgan fingerprint density at radius 1 is 0.944 bits per heavy atom. The molecule has 8 heteroatoms. The van der Waals surface area contributed by atoms with Crippen molar-refractivity contribution in [3.8, 4) is 0 Å². The number of nitrogens with zero attached hydrogens (tertiary/aromatic N) is 4. The van der Waals surface area contributed by atoms with Gasteiger partial charge in [0, 0.05) is 6.42 Å². The van der Waals surface area contributed by atoms with Crippen molar-refractivity contribution in [1.82, 2.24) is 0 Å². The van der Waals surface area contributed by atoms with Crippen LogP contribution in [0.25, 0.3) is 0 Å². The minimum atomic E-state index is -1.85. The van der Waals surface area contributed by atoms with Gasteiger partial charge in [-0.25, -0.2) is 24.2 Å². The molecule has 0 rings (SSSR count). The van der Waals surface area contributed by atoms with E-state index in [2.05, 4.69) is 20.0 Å². The predicted molar refractivity (Wildman–Crippen MR) is 58.5 cm³/mol. The molecule has 0 aromatic heterocycles. The Bertz CT molecular complexity index is 419. The normalized spacial score (nSPS) is 13.6. The fourth-order valence-electron chi connectivity index (χ4n) is 1.25. The number of hydrogen-bond donors (Lipinski definition) is 0. The molecule has 0 aliphatic rings. The molecule has 0 saturated heterocycles.